The Morgan fingerprint density at radius 2 is 1.48 bits per heavy atom. The van der Waals surface area contributed by atoms with Crippen LogP contribution in [0.5, 0.6) is 5.75 Å². The molecule has 0 saturated heterocycles. The molecule has 0 aliphatic heterocycles. The van der Waals surface area contributed by atoms with E-state index in [1.54, 1.807) is 24.3 Å². The average Bonchev–Trinajstić information content (AvgIpc) is 2.60. The largest absolute Gasteiger partial charge is 0.500 e. The molecule has 0 spiro atoms. The molecule has 142 valence electrons. The second-order valence-electron chi connectivity index (χ2n) is 5.30. The molecule has 0 saturated carbocycles. The first-order valence-corrected chi connectivity index (χ1v) is 11.0. The number of carbonyl (C=O) groups is 1. The van der Waals surface area contributed by atoms with Gasteiger partial charge in [0.25, 0.3) is 5.91 Å². The van der Waals surface area contributed by atoms with Gasteiger partial charge in [0, 0.05) is 38.0 Å². The Hall–Kier alpha value is -1.41. The van der Waals surface area contributed by atoms with E-state index in [4.69, 9.17) is 18.0 Å². The van der Waals surface area contributed by atoms with Crippen molar-refractivity contribution in [3.8, 4) is 5.75 Å². The minimum Gasteiger partial charge on any atom is -0.494 e. The predicted molar refractivity (Wildman–Crippen MR) is 100 cm³/mol. The van der Waals surface area contributed by atoms with Gasteiger partial charge in [0.1, 0.15) is 5.75 Å². The first-order chi connectivity index (χ1) is 12.1. The Labute approximate surface area is 152 Å². The second kappa shape index (κ2) is 12.0. The normalized spacial score (nSPS) is 11.4. The Kier molecular flexibility index (Phi) is 10.4. The molecule has 1 aromatic rings. The number of rotatable bonds is 13. The van der Waals surface area contributed by atoms with E-state index in [1.165, 1.54) is 0 Å². The first-order valence-electron chi connectivity index (χ1n) is 9.03. The van der Waals surface area contributed by atoms with Crippen LogP contribution in [-0.2, 0) is 13.3 Å². The first kappa shape index (κ1) is 21.6. The highest BCUT2D eigenvalue weighted by Crippen LogP contribution is 2.18. The third kappa shape index (κ3) is 7.56. The summed E-state index contributed by atoms with van der Waals surface area (Å²) in [6, 6.07) is 7.82. The maximum atomic E-state index is 12.2. The molecule has 25 heavy (non-hydrogen) atoms. The van der Waals surface area contributed by atoms with Crippen LogP contribution in [0.1, 0.15) is 44.5 Å². The highest BCUT2D eigenvalue weighted by Gasteiger charge is 2.39. The maximum Gasteiger partial charge on any atom is 0.500 e. The van der Waals surface area contributed by atoms with Gasteiger partial charge >= 0.3 is 8.80 Å². The third-order valence-electron chi connectivity index (χ3n) is 3.47. The number of ether oxygens (including phenoxy) is 1. The number of hydrogen-bond donors (Lipinski definition) is 1. The van der Waals surface area contributed by atoms with E-state index in [2.05, 4.69) is 5.32 Å². The molecule has 0 atom stereocenters. The zero-order valence-electron chi connectivity index (χ0n) is 15.8. The molecule has 1 rings (SSSR count). The molecule has 0 aromatic heterocycles. The van der Waals surface area contributed by atoms with Gasteiger partial charge in [-0.15, -0.1) is 0 Å². The lowest BCUT2D eigenvalue weighted by molar-refractivity contribution is 0.0705. The van der Waals surface area contributed by atoms with Crippen molar-refractivity contribution in [2.45, 2.75) is 40.2 Å². The topological polar surface area (TPSA) is 66.0 Å². The molecule has 1 aromatic carbocycles. The second-order valence-corrected chi connectivity index (χ2v) is 8.03. The highest BCUT2D eigenvalue weighted by atomic mass is 28.4. The van der Waals surface area contributed by atoms with Crippen LogP contribution in [0.25, 0.3) is 0 Å². The predicted octanol–water partition coefficient (Wildman–Crippen LogP) is 3.25. The van der Waals surface area contributed by atoms with Crippen LogP contribution in [0.3, 0.4) is 0 Å². The molecule has 0 bridgehead atoms. The highest BCUT2D eigenvalue weighted by molar-refractivity contribution is 6.60. The van der Waals surface area contributed by atoms with Gasteiger partial charge in [0.15, 0.2) is 0 Å². The summed E-state index contributed by atoms with van der Waals surface area (Å²) >= 11 is 0. The summed E-state index contributed by atoms with van der Waals surface area (Å²) < 4.78 is 22.8. The fourth-order valence-electron chi connectivity index (χ4n) is 2.48. The van der Waals surface area contributed by atoms with Crippen molar-refractivity contribution in [1.82, 2.24) is 5.32 Å². The minimum absolute atomic E-state index is 0.0976. The average molecular weight is 370 g/mol. The number of hydrogen-bond acceptors (Lipinski definition) is 5. The molecule has 0 radical (unpaired) electrons. The monoisotopic (exact) mass is 369 g/mol. The number of amides is 1. The summed E-state index contributed by atoms with van der Waals surface area (Å²) in [4.78, 5) is 12.2. The van der Waals surface area contributed by atoms with Gasteiger partial charge in [0.2, 0.25) is 0 Å². The SMILES string of the molecule is CCOc1ccc(C(=O)NCCC[Si](OCC)(OCC)OCC)cc1. The van der Waals surface area contributed by atoms with Crippen LogP contribution in [0.2, 0.25) is 6.04 Å². The fraction of sp³-hybridized carbons (Fsp3) is 0.611. The summed E-state index contributed by atoms with van der Waals surface area (Å²) in [5.74, 6) is 0.666. The zero-order valence-corrected chi connectivity index (χ0v) is 16.8. The Bertz CT molecular complexity index is 478. The van der Waals surface area contributed by atoms with Crippen LogP contribution in [0.15, 0.2) is 24.3 Å². The number of nitrogens with one attached hydrogen (secondary N) is 1. The molecular formula is C18H31NO5Si. The Morgan fingerprint density at radius 1 is 0.920 bits per heavy atom. The Morgan fingerprint density at radius 3 is 1.96 bits per heavy atom. The van der Waals surface area contributed by atoms with E-state index in [0.717, 1.165) is 12.2 Å². The van der Waals surface area contributed by atoms with Crippen molar-refractivity contribution in [3.05, 3.63) is 29.8 Å². The Balaban J connectivity index is 2.47. The molecule has 1 N–H and O–H groups in total. The van der Waals surface area contributed by atoms with Gasteiger partial charge in [-0.1, -0.05) is 0 Å². The summed E-state index contributed by atoms with van der Waals surface area (Å²) in [7, 11) is -2.63. The smallest absolute Gasteiger partial charge is 0.494 e. The van der Waals surface area contributed by atoms with Crippen LogP contribution in [-0.4, -0.2) is 47.7 Å². The van der Waals surface area contributed by atoms with Gasteiger partial charge in [-0.05, 0) is 58.4 Å². The van der Waals surface area contributed by atoms with E-state index < -0.39 is 8.80 Å². The van der Waals surface area contributed by atoms with Gasteiger partial charge in [0.05, 0.1) is 6.61 Å². The van der Waals surface area contributed by atoms with Crippen molar-refractivity contribution in [3.63, 3.8) is 0 Å². The van der Waals surface area contributed by atoms with E-state index >= 15 is 0 Å². The van der Waals surface area contributed by atoms with E-state index in [1.807, 2.05) is 27.7 Å². The van der Waals surface area contributed by atoms with Gasteiger partial charge in [-0.2, -0.15) is 0 Å². The standard InChI is InChI=1S/C18H31NO5Si/c1-5-21-17-12-10-16(11-13-17)18(20)19-14-9-15-25(22-6-2,23-7-3)24-8-4/h10-13H,5-9,14-15H2,1-4H3,(H,19,20). The minimum atomic E-state index is -2.63. The summed E-state index contributed by atoms with van der Waals surface area (Å²) in [5, 5.41) is 2.93. The third-order valence-corrected chi connectivity index (χ3v) is 6.62. The van der Waals surface area contributed by atoms with E-state index in [9.17, 15) is 4.79 Å². The van der Waals surface area contributed by atoms with Crippen molar-refractivity contribution in [1.29, 1.82) is 0 Å². The lowest BCUT2D eigenvalue weighted by atomic mass is 10.2. The molecule has 0 heterocycles. The lowest BCUT2D eigenvalue weighted by Crippen LogP contribution is -2.46. The van der Waals surface area contributed by atoms with Crippen molar-refractivity contribution >= 4 is 14.7 Å². The molecule has 0 unspecified atom stereocenters. The van der Waals surface area contributed by atoms with Crippen molar-refractivity contribution in [2.24, 2.45) is 0 Å². The van der Waals surface area contributed by atoms with Crippen molar-refractivity contribution in [2.75, 3.05) is 33.0 Å². The van der Waals surface area contributed by atoms with Gasteiger partial charge in [-0.3, -0.25) is 4.79 Å². The molecule has 0 aliphatic rings. The summed E-state index contributed by atoms with van der Waals surface area (Å²) in [6.45, 7) is 10.6. The van der Waals surface area contributed by atoms with Crippen molar-refractivity contribution < 1.29 is 22.8 Å². The number of benzene rings is 1. The van der Waals surface area contributed by atoms with Crippen LogP contribution >= 0.6 is 0 Å². The molecule has 1 amide bonds. The lowest BCUT2D eigenvalue weighted by Gasteiger charge is -2.28. The molecule has 0 aliphatic carbocycles. The van der Waals surface area contributed by atoms with Crippen LogP contribution < -0.4 is 10.1 Å². The van der Waals surface area contributed by atoms with Crippen LogP contribution in [0, 0.1) is 0 Å². The maximum absolute atomic E-state index is 12.2. The molecule has 6 nitrogen and oxygen atoms in total. The number of carbonyl (C=O) groups excluding carboxylic acids is 1. The molecular weight excluding hydrogens is 338 g/mol. The zero-order chi connectivity index (χ0) is 18.5. The van der Waals surface area contributed by atoms with Gasteiger partial charge in [-0.25, -0.2) is 0 Å². The molecule has 0 fully saturated rings. The van der Waals surface area contributed by atoms with E-state index in [-0.39, 0.29) is 5.91 Å². The summed E-state index contributed by atoms with van der Waals surface area (Å²) in [6.07, 6.45) is 0.745. The quantitative estimate of drug-likeness (QED) is 0.427. The van der Waals surface area contributed by atoms with Gasteiger partial charge < -0.3 is 23.3 Å². The van der Waals surface area contributed by atoms with Crippen LogP contribution in [0.4, 0.5) is 0 Å². The van der Waals surface area contributed by atoms with E-state index in [0.29, 0.717) is 44.6 Å². The summed E-state index contributed by atoms with van der Waals surface area (Å²) in [5.41, 5.74) is 0.617. The molecule has 7 heteroatoms. The fourth-order valence-corrected chi connectivity index (χ4v) is 5.09.